The first-order valence-corrected chi connectivity index (χ1v) is 8.12. The van der Waals surface area contributed by atoms with Gasteiger partial charge in [-0.2, -0.15) is 0 Å². The molecule has 2 atom stereocenters. The van der Waals surface area contributed by atoms with Crippen LogP contribution in [0.2, 0.25) is 0 Å². The van der Waals surface area contributed by atoms with E-state index in [4.69, 9.17) is 5.11 Å². The van der Waals surface area contributed by atoms with Gasteiger partial charge in [0, 0.05) is 6.54 Å². The lowest BCUT2D eigenvalue weighted by Gasteiger charge is -2.23. The molecule has 2 amide bonds. The van der Waals surface area contributed by atoms with Crippen molar-refractivity contribution in [3.05, 3.63) is 70.8 Å². The van der Waals surface area contributed by atoms with Gasteiger partial charge in [-0.1, -0.05) is 36.4 Å². The van der Waals surface area contributed by atoms with Crippen LogP contribution in [0, 0.1) is 0 Å². The molecule has 2 N–H and O–H groups in total. The number of amides is 2. The molecule has 0 spiro atoms. The highest BCUT2D eigenvalue weighted by atomic mass is 16.4. The molecule has 2 aliphatic rings. The van der Waals surface area contributed by atoms with Crippen LogP contribution in [0.5, 0.6) is 0 Å². The molecule has 2 aliphatic heterocycles. The molecule has 2 bridgehead atoms. The first kappa shape index (κ1) is 14.8. The molecule has 4 rings (SSSR count). The SMILES string of the molecule is O=C(O)c1ccc(CNC(=O)N2C3CCC2c2ccccc23)cc1. The average molecular weight is 322 g/mol. The third kappa shape index (κ3) is 2.33. The number of hydrogen-bond acceptors (Lipinski definition) is 2. The average Bonchev–Trinajstić information content (AvgIpc) is 3.17. The van der Waals surface area contributed by atoms with Gasteiger partial charge in [-0.25, -0.2) is 9.59 Å². The molecule has 2 aromatic rings. The predicted molar refractivity (Wildman–Crippen MR) is 88.6 cm³/mol. The molecule has 0 aromatic heterocycles. The molecular formula is C19H18N2O3. The first-order chi connectivity index (χ1) is 11.6. The fourth-order valence-corrected chi connectivity index (χ4v) is 3.86. The van der Waals surface area contributed by atoms with Crippen molar-refractivity contribution in [2.75, 3.05) is 0 Å². The van der Waals surface area contributed by atoms with Crippen LogP contribution in [0.1, 0.15) is 52.0 Å². The van der Waals surface area contributed by atoms with Crippen LogP contribution in [-0.2, 0) is 6.54 Å². The summed E-state index contributed by atoms with van der Waals surface area (Å²) in [7, 11) is 0. The zero-order valence-corrected chi connectivity index (χ0v) is 13.1. The molecule has 2 aromatic carbocycles. The Balaban J connectivity index is 1.44. The fraction of sp³-hybridized carbons (Fsp3) is 0.263. The monoisotopic (exact) mass is 322 g/mol. The lowest BCUT2D eigenvalue weighted by atomic mass is 9.92. The minimum absolute atomic E-state index is 0.0546. The maximum absolute atomic E-state index is 12.6. The standard InChI is InChI=1S/C19H18N2O3/c22-18(23)13-7-5-12(6-8-13)11-20-19(24)21-16-9-10-17(21)15-4-2-1-3-14(15)16/h1-8,16-17H,9-11H2,(H,20,24)(H,22,23). The summed E-state index contributed by atoms with van der Waals surface area (Å²) < 4.78 is 0. The highest BCUT2D eigenvalue weighted by Gasteiger charge is 2.45. The number of fused-ring (bicyclic) bond motifs is 5. The second-order valence-electron chi connectivity index (χ2n) is 6.31. The zero-order chi connectivity index (χ0) is 16.7. The van der Waals surface area contributed by atoms with Crippen molar-refractivity contribution in [3.8, 4) is 0 Å². The molecule has 0 radical (unpaired) electrons. The number of nitrogens with one attached hydrogen (secondary N) is 1. The van der Waals surface area contributed by atoms with E-state index in [1.807, 2.05) is 17.0 Å². The molecule has 1 fully saturated rings. The van der Waals surface area contributed by atoms with Gasteiger partial charge in [-0.05, 0) is 41.7 Å². The largest absolute Gasteiger partial charge is 0.478 e. The first-order valence-electron chi connectivity index (χ1n) is 8.12. The van der Waals surface area contributed by atoms with Crippen molar-refractivity contribution in [2.45, 2.75) is 31.5 Å². The van der Waals surface area contributed by atoms with Crippen molar-refractivity contribution < 1.29 is 14.7 Å². The normalized spacial score (nSPS) is 20.8. The summed E-state index contributed by atoms with van der Waals surface area (Å²) >= 11 is 0. The van der Waals surface area contributed by atoms with Gasteiger partial charge in [0.2, 0.25) is 0 Å². The van der Waals surface area contributed by atoms with E-state index >= 15 is 0 Å². The van der Waals surface area contributed by atoms with Crippen LogP contribution < -0.4 is 5.32 Å². The number of aromatic carboxylic acids is 1. The zero-order valence-electron chi connectivity index (χ0n) is 13.1. The lowest BCUT2D eigenvalue weighted by molar-refractivity contribution is 0.0697. The maximum atomic E-state index is 12.6. The molecule has 0 aliphatic carbocycles. The highest BCUT2D eigenvalue weighted by molar-refractivity contribution is 5.87. The summed E-state index contributed by atoms with van der Waals surface area (Å²) in [5.74, 6) is -0.947. The minimum atomic E-state index is -0.947. The number of hydrogen-bond donors (Lipinski definition) is 2. The Morgan fingerprint density at radius 3 is 2.12 bits per heavy atom. The van der Waals surface area contributed by atoms with Gasteiger partial charge in [-0.15, -0.1) is 0 Å². The van der Waals surface area contributed by atoms with E-state index in [-0.39, 0.29) is 23.7 Å². The van der Waals surface area contributed by atoms with Gasteiger partial charge in [0.25, 0.3) is 0 Å². The Hall–Kier alpha value is -2.82. The van der Waals surface area contributed by atoms with Crippen molar-refractivity contribution in [2.24, 2.45) is 0 Å². The van der Waals surface area contributed by atoms with E-state index in [0.717, 1.165) is 18.4 Å². The van der Waals surface area contributed by atoms with Crippen molar-refractivity contribution in [1.82, 2.24) is 10.2 Å². The van der Waals surface area contributed by atoms with E-state index in [2.05, 4.69) is 17.4 Å². The van der Waals surface area contributed by atoms with Crippen LogP contribution in [-0.4, -0.2) is 22.0 Å². The third-order valence-corrected chi connectivity index (χ3v) is 4.98. The molecule has 122 valence electrons. The molecule has 2 heterocycles. The summed E-state index contributed by atoms with van der Waals surface area (Å²) in [5.41, 5.74) is 3.68. The number of carboxylic acids is 1. The third-order valence-electron chi connectivity index (χ3n) is 4.98. The molecule has 5 nitrogen and oxygen atoms in total. The maximum Gasteiger partial charge on any atom is 0.335 e. The van der Waals surface area contributed by atoms with Gasteiger partial charge in [0.05, 0.1) is 17.6 Å². The molecule has 0 saturated carbocycles. The molecule has 24 heavy (non-hydrogen) atoms. The van der Waals surface area contributed by atoms with E-state index < -0.39 is 5.97 Å². The van der Waals surface area contributed by atoms with Gasteiger partial charge in [-0.3, -0.25) is 0 Å². The number of nitrogens with zero attached hydrogens (tertiary/aromatic N) is 1. The topological polar surface area (TPSA) is 69.6 Å². The number of urea groups is 1. The Morgan fingerprint density at radius 1 is 1.00 bits per heavy atom. The van der Waals surface area contributed by atoms with Gasteiger partial charge in [0.1, 0.15) is 0 Å². The Bertz CT molecular complexity index is 770. The summed E-state index contributed by atoms with van der Waals surface area (Å²) in [6.45, 7) is 0.394. The Morgan fingerprint density at radius 2 is 1.58 bits per heavy atom. The summed E-state index contributed by atoms with van der Waals surface area (Å²) in [4.78, 5) is 25.5. The van der Waals surface area contributed by atoms with E-state index in [9.17, 15) is 9.59 Å². The van der Waals surface area contributed by atoms with Crippen LogP contribution in [0.25, 0.3) is 0 Å². The van der Waals surface area contributed by atoms with E-state index in [0.29, 0.717) is 6.54 Å². The number of benzene rings is 2. The molecular weight excluding hydrogens is 304 g/mol. The van der Waals surface area contributed by atoms with Crippen LogP contribution in [0.3, 0.4) is 0 Å². The molecule has 5 heteroatoms. The quantitative estimate of drug-likeness (QED) is 0.909. The van der Waals surface area contributed by atoms with Crippen LogP contribution in [0.15, 0.2) is 48.5 Å². The van der Waals surface area contributed by atoms with Crippen LogP contribution in [0.4, 0.5) is 4.79 Å². The van der Waals surface area contributed by atoms with E-state index in [1.165, 1.54) is 11.1 Å². The van der Waals surface area contributed by atoms with Crippen molar-refractivity contribution in [1.29, 1.82) is 0 Å². The number of carbonyl (C=O) groups is 2. The minimum Gasteiger partial charge on any atom is -0.478 e. The number of carbonyl (C=O) groups excluding carboxylic acids is 1. The number of rotatable bonds is 3. The molecule has 2 unspecified atom stereocenters. The van der Waals surface area contributed by atoms with Gasteiger partial charge in [0.15, 0.2) is 0 Å². The molecule has 1 saturated heterocycles. The number of carboxylic acid groups (broad SMARTS) is 1. The predicted octanol–water partition coefficient (Wildman–Crippen LogP) is 3.49. The van der Waals surface area contributed by atoms with Gasteiger partial charge < -0.3 is 15.3 Å². The second-order valence-corrected chi connectivity index (χ2v) is 6.31. The lowest BCUT2D eigenvalue weighted by Crippen LogP contribution is -2.37. The summed E-state index contributed by atoms with van der Waals surface area (Å²) in [6.07, 6.45) is 2.03. The fourth-order valence-electron chi connectivity index (χ4n) is 3.86. The highest BCUT2D eigenvalue weighted by Crippen LogP contribution is 2.52. The van der Waals surface area contributed by atoms with Crippen molar-refractivity contribution >= 4 is 12.0 Å². The van der Waals surface area contributed by atoms with E-state index in [1.54, 1.807) is 24.3 Å². The van der Waals surface area contributed by atoms with Crippen molar-refractivity contribution in [3.63, 3.8) is 0 Å². The van der Waals surface area contributed by atoms with Crippen LogP contribution >= 0.6 is 0 Å². The summed E-state index contributed by atoms with van der Waals surface area (Å²) in [5, 5.41) is 11.9. The Kier molecular flexibility index (Phi) is 3.49. The Labute approximate surface area is 139 Å². The summed E-state index contributed by atoms with van der Waals surface area (Å²) in [6, 6.07) is 15.2. The second kappa shape index (κ2) is 5.67. The van der Waals surface area contributed by atoms with Gasteiger partial charge >= 0.3 is 12.0 Å². The smallest absolute Gasteiger partial charge is 0.335 e.